The average molecular weight is 314 g/mol. The molecule has 120 valence electrons. The van der Waals surface area contributed by atoms with Gasteiger partial charge in [0, 0.05) is 36.1 Å². The van der Waals surface area contributed by atoms with Crippen molar-refractivity contribution in [3.63, 3.8) is 0 Å². The lowest BCUT2D eigenvalue weighted by Crippen LogP contribution is -2.18. The van der Waals surface area contributed by atoms with Crippen molar-refractivity contribution in [2.45, 2.75) is 31.6 Å². The van der Waals surface area contributed by atoms with Crippen LogP contribution in [-0.2, 0) is 0 Å². The molecule has 0 atom stereocenters. The van der Waals surface area contributed by atoms with Crippen LogP contribution in [0.3, 0.4) is 0 Å². The molecule has 0 unspecified atom stereocenters. The molecule has 1 aliphatic carbocycles. The monoisotopic (exact) mass is 314 g/mol. The maximum atomic E-state index is 13.9. The molecule has 1 aliphatic heterocycles. The zero-order valence-corrected chi connectivity index (χ0v) is 12.8. The van der Waals surface area contributed by atoms with Gasteiger partial charge in [0.2, 0.25) is 0 Å². The number of rotatable bonds is 4. The summed E-state index contributed by atoms with van der Waals surface area (Å²) in [5, 5.41) is 9.71. The molecule has 4 rings (SSSR count). The second kappa shape index (κ2) is 5.68. The van der Waals surface area contributed by atoms with Crippen molar-refractivity contribution in [1.82, 2.24) is 10.2 Å². The van der Waals surface area contributed by atoms with Crippen LogP contribution in [0.4, 0.5) is 15.8 Å². The van der Waals surface area contributed by atoms with Gasteiger partial charge >= 0.3 is 0 Å². The number of benzene rings is 1. The normalized spacial score (nSPS) is 17.5. The zero-order valence-electron chi connectivity index (χ0n) is 12.8. The molecule has 1 saturated carbocycles. The Kier molecular flexibility index (Phi) is 3.52. The van der Waals surface area contributed by atoms with E-state index in [4.69, 9.17) is 0 Å². The molecule has 5 nitrogen and oxygen atoms in total. The summed E-state index contributed by atoms with van der Waals surface area (Å²) in [6, 6.07) is 6.46. The Morgan fingerprint density at radius 3 is 2.74 bits per heavy atom. The molecule has 6 heteroatoms. The standard InChI is InChI=1S/C17H19FN4O/c18-12-7-13(9-14(8-12)22-5-1-2-6-22)19-17(23)16-10-15(20-21-16)11-3-4-11/h7-11H,1-6H2,(H,19,23)(H,20,21). The molecule has 1 amide bonds. The van der Waals surface area contributed by atoms with Crippen LogP contribution in [0.5, 0.6) is 0 Å². The zero-order chi connectivity index (χ0) is 15.8. The highest BCUT2D eigenvalue weighted by molar-refractivity contribution is 6.03. The molecule has 0 radical (unpaired) electrons. The summed E-state index contributed by atoms with van der Waals surface area (Å²) in [5.41, 5.74) is 2.64. The molecule has 2 aliphatic rings. The van der Waals surface area contributed by atoms with Gasteiger partial charge in [-0.2, -0.15) is 5.10 Å². The number of carbonyl (C=O) groups is 1. The van der Waals surface area contributed by atoms with Crippen molar-refractivity contribution in [3.05, 3.63) is 41.5 Å². The molecular weight excluding hydrogens is 295 g/mol. The van der Waals surface area contributed by atoms with Crippen LogP contribution in [0.1, 0.15) is 47.8 Å². The van der Waals surface area contributed by atoms with Gasteiger partial charge in [-0.25, -0.2) is 4.39 Å². The first kappa shape index (κ1) is 14.2. The van der Waals surface area contributed by atoms with Gasteiger partial charge in [0.15, 0.2) is 5.69 Å². The molecule has 1 saturated heterocycles. The van der Waals surface area contributed by atoms with Gasteiger partial charge in [-0.15, -0.1) is 0 Å². The van der Waals surface area contributed by atoms with Crippen LogP contribution in [-0.4, -0.2) is 29.2 Å². The summed E-state index contributed by atoms with van der Waals surface area (Å²) in [7, 11) is 0. The molecule has 2 aromatic rings. The number of nitrogens with zero attached hydrogens (tertiary/aromatic N) is 2. The minimum absolute atomic E-state index is 0.314. The van der Waals surface area contributed by atoms with E-state index in [2.05, 4.69) is 20.4 Å². The highest BCUT2D eigenvalue weighted by Crippen LogP contribution is 2.39. The van der Waals surface area contributed by atoms with Crippen LogP contribution in [0.25, 0.3) is 0 Å². The molecule has 23 heavy (non-hydrogen) atoms. The molecule has 2 N–H and O–H groups in total. The molecular formula is C17H19FN4O. The fourth-order valence-electron chi connectivity index (χ4n) is 3.06. The van der Waals surface area contributed by atoms with E-state index in [1.165, 1.54) is 12.1 Å². The highest BCUT2D eigenvalue weighted by atomic mass is 19.1. The van der Waals surface area contributed by atoms with Gasteiger partial charge in [0.05, 0.1) is 0 Å². The van der Waals surface area contributed by atoms with Crippen molar-refractivity contribution in [2.75, 3.05) is 23.3 Å². The van der Waals surface area contributed by atoms with E-state index in [1.807, 2.05) is 6.07 Å². The van der Waals surface area contributed by atoms with Crippen LogP contribution < -0.4 is 10.2 Å². The lowest BCUT2D eigenvalue weighted by atomic mass is 10.2. The van der Waals surface area contributed by atoms with Crippen LogP contribution in [0.15, 0.2) is 24.3 Å². The smallest absolute Gasteiger partial charge is 0.276 e. The maximum Gasteiger partial charge on any atom is 0.276 e. The van der Waals surface area contributed by atoms with Crippen molar-refractivity contribution >= 4 is 17.3 Å². The third-order valence-electron chi connectivity index (χ3n) is 4.46. The fourth-order valence-corrected chi connectivity index (χ4v) is 3.06. The first-order valence-electron chi connectivity index (χ1n) is 8.11. The van der Waals surface area contributed by atoms with Gasteiger partial charge in [-0.3, -0.25) is 9.89 Å². The summed E-state index contributed by atoms with van der Waals surface area (Å²) in [6.45, 7) is 1.86. The van der Waals surface area contributed by atoms with Gasteiger partial charge in [-0.1, -0.05) is 0 Å². The largest absolute Gasteiger partial charge is 0.371 e. The highest BCUT2D eigenvalue weighted by Gasteiger charge is 2.26. The Bertz CT molecular complexity index is 732. The number of hydrogen-bond acceptors (Lipinski definition) is 3. The fraction of sp³-hybridized carbons (Fsp3) is 0.412. The lowest BCUT2D eigenvalue weighted by molar-refractivity contribution is 0.102. The number of H-pyrrole nitrogens is 1. The topological polar surface area (TPSA) is 61.0 Å². The summed E-state index contributed by atoms with van der Waals surface area (Å²) in [5.74, 6) is -0.142. The van der Waals surface area contributed by atoms with Crippen LogP contribution >= 0.6 is 0 Å². The van der Waals surface area contributed by atoms with Crippen molar-refractivity contribution < 1.29 is 9.18 Å². The van der Waals surface area contributed by atoms with E-state index in [0.29, 0.717) is 17.3 Å². The van der Waals surface area contributed by atoms with E-state index in [0.717, 1.165) is 50.2 Å². The number of carbonyl (C=O) groups excluding carboxylic acids is 1. The van der Waals surface area contributed by atoms with E-state index in [-0.39, 0.29) is 11.7 Å². The van der Waals surface area contributed by atoms with Gasteiger partial charge in [0.25, 0.3) is 5.91 Å². The van der Waals surface area contributed by atoms with Gasteiger partial charge in [0.1, 0.15) is 5.82 Å². The molecule has 0 bridgehead atoms. The van der Waals surface area contributed by atoms with Crippen LogP contribution in [0.2, 0.25) is 0 Å². The second-order valence-electron chi connectivity index (χ2n) is 6.33. The number of hydrogen-bond donors (Lipinski definition) is 2. The third-order valence-corrected chi connectivity index (χ3v) is 4.46. The summed E-state index contributed by atoms with van der Waals surface area (Å²) >= 11 is 0. The molecule has 0 spiro atoms. The van der Waals surface area contributed by atoms with E-state index < -0.39 is 0 Å². The molecule has 1 aromatic heterocycles. The minimum Gasteiger partial charge on any atom is -0.371 e. The predicted octanol–water partition coefficient (Wildman–Crippen LogP) is 3.28. The predicted molar refractivity (Wildman–Crippen MR) is 86.4 cm³/mol. The molecule has 2 heterocycles. The van der Waals surface area contributed by atoms with Crippen molar-refractivity contribution in [3.8, 4) is 0 Å². The third kappa shape index (κ3) is 3.06. The lowest BCUT2D eigenvalue weighted by Gasteiger charge is -2.18. The minimum atomic E-state index is -0.342. The number of aromatic nitrogens is 2. The Morgan fingerprint density at radius 2 is 2.00 bits per heavy atom. The van der Waals surface area contributed by atoms with Gasteiger partial charge in [-0.05, 0) is 49.9 Å². The molecule has 2 fully saturated rings. The summed E-state index contributed by atoms with van der Waals surface area (Å²) in [6.07, 6.45) is 4.53. The number of amides is 1. The number of halogens is 1. The van der Waals surface area contributed by atoms with Gasteiger partial charge < -0.3 is 10.2 Å². The Hall–Kier alpha value is -2.37. The Balaban J connectivity index is 1.51. The van der Waals surface area contributed by atoms with E-state index in [9.17, 15) is 9.18 Å². The van der Waals surface area contributed by atoms with Crippen molar-refractivity contribution in [1.29, 1.82) is 0 Å². The quantitative estimate of drug-likeness (QED) is 0.910. The first-order chi connectivity index (χ1) is 11.2. The summed E-state index contributed by atoms with van der Waals surface area (Å²) < 4.78 is 13.9. The molecule has 1 aromatic carbocycles. The number of aromatic amines is 1. The van der Waals surface area contributed by atoms with E-state index in [1.54, 1.807) is 6.07 Å². The average Bonchev–Trinajstić information content (AvgIpc) is 3.04. The Labute approximate surface area is 133 Å². The SMILES string of the molecule is O=C(Nc1cc(F)cc(N2CCCC2)c1)c1cc(C2CC2)[nH]n1. The van der Waals surface area contributed by atoms with Crippen molar-refractivity contribution in [2.24, 2.45) is 0 Å². The van der Waals surface area contributed by atoms with Crippen LogP contribution in [0, 0.1) is 5.82 Å². The first-order valence-corrected chi connectivity index (χ1v) is 8.11. The number of anilines is 2. The number of nitrogens with one attached hydrogen (secondary N) is 2. The maximum absolute atomic E-state index is 13.9. The van der Waals surface area contributed by atoms with E-state index >= 15 is 0 Å². The summed E-state index contributed by atoms with van der Waals surface area (Å²) in [4.78, 5) is 14.4. The Morgan fingerprint density at radius 1 is 1.22 bits per heavy atom. The second-order valence-corrected chi connectivity index (χ2v) is 6.33.